The number of hydrogen-bond donors (Lipinski definition) is 1. The van der Waals surface area contributed by atoms with E-state index in [2.05, 4.69) is 25.2 Å². The minimum atomic E-state index is 0.123. The van der Waals surface area contributed by atoms with E-state index < -0.39 is 0 Å². The largest absolute Gasteiger partial charge is 0.395 e. The number of pyridine rings is 2. The molecule has 5 nitrogen and oxygen atoms in total. The highest BCUT2D eigenvalue weighted by Crippen LogP contribution is 2.22. The Hall–Kier alpha value is -2.15. The van der Waals surface area contributed by atoms with Crippen LogP contribution in [0.2, 0.25) is 0 Å². The van der Waals surface area contributed by atoms with E-state index in [4.69, 9.17) is 0 Å². The second-order valence-electron chi connectivity index (χ2n) is 5.15. The maximum absolute atomic E-state index is 9.29. The van der Waals surface area contributed by atoms with Gasteiger partial charge in [-0.25, -0.2) is 4.98 Å². The van der Waals surface area contributed by atoms with Crippen molar-refractivity contribution >= 4 is 11.3 Å². The minimum Gasteiger partial charge on any atom is -0.395 e. The molecule has 118 valence electrons. The van der Waals surface area contributed by atoms with Crippen LogP contribution < -0.4 is 0 Å². The maximum atomic E-state index is 9.29. The predicted octanol–water partition coefficient (Wildman–Crippen LogP) is 2.59. The molecule has 6 heteroatoms. The average Bonchev–Trinajstić information content (AvgIpc) is 3.05. The first-order valence-corrected chi connectivity index (χ1v) is 8.31. The summed E-state index contributed by atoms with van der Waals surface area (Å²) in [6, 6.07) is 9.79. The van der Waals surface area contributed by atoms with E-state index in [1.165, 1.54) is 0 Å². The molecule has 3 aromatic heterocycles. The monoisotopic (exact) mass is 326 g/mol. The highest BCUT2D eigenvalue weighted by atomic mass is 32.1. The van der Waals surface area contributed by atoms with Crippen molar-refractivity contribution in [3.8, 4) is 10.7 Å². The third-order valence-electron chi connectivity index (χ3n) is 3.37. The molecule has 0 amide bonds. The van der Waals surface area contributed by atoms with E-state index in [9.17, 15) is 5.11 Å². The van der Waals surface area contributed by atoms with Gasteiger partial charge < -0.3 is 5.11 Å². The molecule has 0 aromatic carbocycles. The lowest BCUT2D eigenvalue weighted by Crippen LogP contribution is -2.26. The maximum Gasteiger partial charge on any atom is 0.142 e. The summed E-state index contributed by atoms with van der Waals surface area (Å²) in [7, 11) is 0. The van der Waals surface area contributed by atoms with Crippen molar-refractivity contribution in [2.24, 2.45) is 0 Å². The normalized spacial score (nSPS) is 11.0. The summed E-state index contributed by atoms with van der Waals surface area (Å²) in [5.74, 6) is 0. The first-order valence-electron chi connectivity index (χ1n) is 7.43. The molecular formula is C17H18N4OS. The Morgan fingerprint density at radius 2 is 2.04 bits per heavy atom. The van der Waals surface area contributed by atoms with E-state index in [1.807, 2.05) is 36.5 Å². The summed E-state index contributed by atoms with van der Waals surface area (Å²) in [5.41, 5.74) is 3.01. The molecule has 0 fully saturated rings. The van der Waals surface area contributed by atoms with Crippen molar-refractivity contribution in [2.45, 2.75) is 13.1 Å². The van der Waals surface area contributed by atoms with Crippen LogP contribution in [0.3, 0.4) is 0 Å². The molecule has 3 rings (SSSR count). The van der Waals surface area contributed by atoms with Crippen LogP contribution >= 0.6 is 11.3 Å². The summed E-state index contributed by atoms with van der Waals surface area (Å²) in [5, 5.41) is 12.3. The molecule has 0 saturated carbocycles. The zero-order valence-electron chi connectivity index (χ0n) is 12.7. The number of hydrogen-bond acceptors (Lipinski definition) is 6. The smallest absolute Gasteiger partial charge is 0.142 e. The molecule has 0 unspecified atom stereocenters. The standard InChI is InChI=1S/C17H18N4OS/c22-9-8-21(11-14-4-3-6-18-10-14)12-15-13-23-17(20-15)16-5-1-2-7-19-16/h1-7,10,13,22H,8-9,11-12H2. The Labute approximate surface area is 139 Å². The van der Waals surface area contributed by atoms with Crippen molar-refractivity contribution < 1.29 is 5.11 Å². The van der Waals surface area contributed by atoms with Crippen molar-refractivity contribution in [2.75, 3.05) is 13.2 Å². The lowest BCUT2D eigenvalue weighted by atomic mass is 10.2. The van der Waals surface area contributed by atoms with Gasteiger partial charge in [0, 0.05) is 43.6 Å². The lowest BCUT2D eigenvalue weighted by Gasteiger charge is -2.20. The summed E-state index contributed by atoms with van der Waals surface area (Å²) < 4.78 is 0. The molecular weight excluding hydrogens is 308 g/mol. The SMILES string of the molecule is OCCN(Cc1cccnc1)Cc1csc(-c2ccccn2)n1. The van der Waals surface area contributed by atoms with Crippen LogP contribution in [0.5, 0.6) is 0 Å². The van der Waals surface area contributed by atoms with Gasteiger partial charge in [0.15, 0.2) is 0 Å². The van der Waals surface area contributed by atoms with E-state index in [1.54, 1.807) is 23.7 Å². The fraction of sp³-hybridized carbons (Fsp3) is 0.235. The lowest BCUT2D eigenvalue weighted by molar-refractivity contribution is 0.183. The van der Waals surface area contributed by atoms with Crippen molar-refractivity contribution in [1.29, 1.82) is 0 Å². The number of nitrogens with zero attached hydrogens (tertiary/aromatic N) is 4. The highest BCUT2D eigenvalue weighted by molar-refractivity contribution is 7.13. The van der Waals surface area contributed by atoms with Crippen LogP contribution in [-0.2, 0) is 13.1 Å². The zero-order chi connectivity index (χ0) is 15.9. The van der Waals surface area contributed by atoms with Gasteiger partial charge in [-0.15, -0.1) is 11.3 Å². The zero-order valence-corrected chi connectivity index (χ0v) is 13.5. The van der Waals surface area contributed by atoms with E-state index in [-0.39, 0.29) is 6.61 Å². The van der Waals surface area contributed by atoms with Crippen molar-refractivity contribution in [1.82, 2.24) is 19.9 Å². The Morgan fingerprint density at radius 3 is 2.78 bits per heavy atom. The molecule has 3 heterocycles. The van der Waals surface area contributed by atoms with Gasteiger partial charge in [0.2, 0.25) is 0 Å². The first kappa shape index (κ1) is 15.7. The summed E-state index contributed by atoms with van der Waals surface area (Å²) in [4.78, 5) is 15.3. The number of thiazole rings is 1. The molecule has 0 bridgehead atoms. The van der Waals surface area contributed by atoms with Gasteiger partial charge in [0.1, 0.15) is 5.01 Å². The number of aliphatic hydroxyl groups is 1. The predicted molar refractivity (Wildman–Crippen MR) is 90.8 cm³/mol. The molecule has 0 saturated heterocycles. The van der Waals surface area contributed by atoms with Gasteiger partial charge in [-0.1, -0.05) is 12.1 Å². The van der Waals surface area contributed by atoms with Gasteiger partial charge in [0.25, 0.3) is 0 Å². The summed E-state index contributed by atoms with van der Waals surface area (Å²) >= 11 is 1.59. The second-order valence-corrected chi connectivity index (χ2v) is 6.01. The second kappa shape index (κ2) is 7.92. The Bertz CT molecular complexity index is 718. The molecule has 23 heavy (non-hydrogen) atoms. The summed E-state index contributed by atoms with van der Waals surface area (Å²) in [6.07, 6.45) is 5.39. The van der Waals surface area contributed by atoms with Crippen molar-refractivity contribution in [3.05, 3.63) is 65.6 Å². The van der Waals surface area contributed by atoms with Crippen molar-refractivity contribution in [3.63, 3.8) is 0 Å². The number of aromatic nitrogens is 3. The molecule has 1 N–H and O–H groups in total. The molecule has 0 aliphatic heterocycles. The van der Waals surface area contributed by atoms with Gasteiger partial charge >= 0.3 is 0 Å². The quantitative estimate of drug-likeness (QED) is 0.723. The highest BCUT2D eigenvalue weighted by Gasteiger charge is 2.11. The third kappa shape index (κ3) is 4.41. The van der Waals surface area contributed by atoms with E-state index in [0.29, 0.717) is 13.1 Å². The summed E-state index contributed by atoms with van der Waals surface area (Å²) in [6.45, 7) is 2.16. The van der Waals surface area contributed by atoms with E-state index >= 15 is 0 Å². The number of rotatable bonds is 7. The molecule has 0 aliphatic rings. The fourth-order valence-corrected chi connectivity index (χ4v) is 3.11. The van der Waals surface area contributed by atoms with Gasteiger partial charge in [-0.2, -0.15) is 0 Å². The third-order valence-corrected chi connectivity index (χ3v) is 4.28. The van der Waals surface area contributed by atoms with Crippen LogP contribution in [0.1, 0.15) is 11.3 Å². The molecule has 3 aromatic rings. The molecule has 0 atom stereocenters. The molecule has 0 aliphatic carbocycles. The molecule has 0 radical (unpaired) electrons. The Morgan fingerprint density at radius 1 is 1.09 bits per heavy atom. The van der Waals surface area contributed by atoms with Crippen LogP contribution in [0.25, 0.3) is 10.7 Å². The Kier molecular flexibility index (Phi) is 5.42. The topological polar surface area (TPSA) is 62.1 Å². The van der Waals surface area contributed by atoms with Crippen LogP contribution in [0.15, 0.2) is 54.3 Å². The van der Waals surface area contributed by atoms with Crippen LogP contribution in [0, 0.1) is 0 Å². The molecule has 0 spiro atoms. The van der Waals surface area contributed by atoms with Gasteiger partial charge in [-0.3, -0.25) is 14.9 Å². The van der Waals surface area contributed by atoms with Crippen LogP contribution in [0.4, 0.5) is 0 Å². The first-order chi connectivity index (χ1) is 11.3. The van der Waals surface area contributed by atoms with Gasteiger partial charge in [0.05, 0.1) is 18.0 Å². The minimum absolute atomic E-state index is 0.123. The van der Waals surface area contributed by atoms with Crippen LogP contribution in [-0.4, -0.2) is 38.1 Å². The number of aliphatic hydroxyl groups excluding tert-OH is 1. The average molecular weight is 326 g/mol. The van der Waals surface area contributed by atoms with Gasteiger partial charge in [-0.05, 0) is 23.8 Å². The Balaban J connectivity index is 1.69. The fourth-order valence-electron chi connectivity index (χ4n) is 2.32. The van der Waals surface area contributed by atoms with E-state index in [0.717, 1.165) is 28.5 Å².